The Balaban J connectivity index is 1.93. The van der Waals surface area contributed by atoms with Crippen molar-refractivity contribution < 1.29 is 5.11 Å². The molecule has 1 unspecified atom stereocenters. The van der Waals surface area contributed by atoms with Crippen LogP contribution in [0.5, 0.6) is 0 Å². The van der Waals surface area contributed by atoms with Crippen molar-refractivity contribution in [3.05, 3.63) is 12.2 Å². The lowest BCUT2D eigenvalue weighted by molar-refractivity contribution is 0.195. The third-order valence-electron chi connectivity index (χ3n) is 3.23. The first kappa shape index (κ1) is 11.5. The van der Waals surface area contributed by atoms with Gasteiger partial charge in [0.15, 0.2) is 5.82 Å². The normalized spacial score (nSPS) is 19.9. The molecule has 1 aromatic rings. The van der Waals surface area contributed by atoms with E-state index in [4.69, 9.17) is 5.11 Å². The van der Waals surface area contributed by atoms with Gasteiger partial charge < -0.3 is 14.6 Å². The fraction of sp³-hybridized carbons (Fsp3) is 0.818. The second-order valence-corrected chi connectivity index (χ2v) is 4.52. The second-order valence-electron chi connectivity index (χ2n) is 4.52. The molecule has 1 aliphatic heterocycles. The van der Waals surface area contributed by atoms with Gasteiger partial charge in [-0.05, 0) is 32.9 Å². The zero-order valence-corrected chi connectivity index (χ0v) is 9.84. The molecule has 1 saturated heterocycles. The Labute approximate surface area is 96.1 Å². The van der Waals surface area contributed by atoms with Gasteiger partial charge in [0.2, 0.25) is 0 Å². The van der Waals surface area contributed by atoms with E-state index in [-0.39, 0.29) is 6.61 Å². The van der Waals surface area contributed by atoms with E-state index in [0.29, 0.717) is 11.9 Å². The summed E-state index contributed by atoms with van der Waals surface area (Å²) < 4.78 is 1.97. The summed E-state index contributed by atoms with van der Waals surface area (Å²) in [4.78, 5) is 2.48. The van der Waals surface area contributed by atoms with E-state index in [9.17, 15) is 0 Å². The molecule has 0 aliphatic carbocycles. The van der Waals surface area contributed by atoms with E-state index in [0.717, 1.165) is 6.54 Å². The Morgan fingerprint density at radius 2 is 2.12 bits per heavy atom. The van der Waals surface area contributed by atoms with Crippen molar-refractivity contribution in [2.24, 2.45) is 0 Å². The smallest absolute Gasteiger partial charge is 0.158 e. The SMILES string of the molecule is CC(CN1CCCCC1)n1cnnc1CO. The summed E-state index contributed by atoms with van der Waals surface area (Å²) in [5, 5.41) is 16.9. The molecule has 2 rings (SSSR count). The van der Waals surface area contributed by atoms with Crippen molar-refractivity contribution in [3.63, 3.8) is 0 Å². The minimum absolute atomic E-state index is 0.0374. The number of hydrogen-bond donors (Lipinski definition) is 1. The number of hydrogen-bond acceptors (Lipinski definition) is 4. The number of likely N-dealkylation sites (tertiary alicyclic amines) is 1. The average Bonchev–Trinajstić information content (AvgIpc) is 2.78. The molecule has 2 heterocycles. The summed E-state index contributed by atoms with van der Waals surface area (Å²) in [6.45, 7) is 5.52. The van der Waals surface area contributed by atoms with Gasteiger partial charge in [0.05, 0.1) is 0 Å². The molecule has 0 aromatic carbocycles. The van der Waals surface area contributed by atoms with Crippen LogP contribution in [0.25, 0.3) is 0 Å². The van der Waals surface area contributed by atoms with Crippen molar-refractivity contribution in [1.82, 2.24) is 19.7 Å². The Kier molecular flexibility index (Phi) is 3.90. The first-order valence-corrected chi connectivity index (χ1v) is 6.03. The summed E-state index contributed by atoms with van der Waals surface area (Å²) in [6, 6.07) is 0.329. The van der Waals surface area contributed by atoms with Crippen molar-refractivity contribution in [3.8, 4) is 0 Å². The van der Waals surface area contributed by atoms with Crippen molar-refractivity contribution in [2.75, 3.05) is 19.6 Å². The molecule has 0 amide bonds. The Morgan fingerprint density at radius 1 is 1.38 bits per heavy atom. The number of aromatic nitrogens is 3. The van der Waals surface area contributed by atoms with Gasteiger partial charge in [-0.3, -0.25) is 0 Å². The third kappa shape index (κ3) is 2.59. The van der Waals surface area contributed by atoms with E-state index in [2.05, 4.69) is 22.0 Å². The number of nitrogens with zero attached hydrogens (tertiary/aromatic N) is 4. The van der Waals surface area contributed by atoms with Gasteiger partial charge in [0.1, 0.15) is 12.9 Å². The number of aliphatic hydroxyl groups is 1. The largest absolute Gasteiger partial charge is 0.388 e. The van der Waals surface area contributed by atoms with Crippen LogP contribution in [0.3, 0.4) is 0 Å². The highest BCUT2D eigenvalue weighted by Crippen LogP contribution is 2.14. The van der Waals surface area contributed by atoms with Gasteiger partial charge in [-0.2, -0.15) is 0 Å². The van der Waals surface area contributed by atoms with Crippen LogP contribution in [-0.4, -0.2) is 44.4 Å². The molecule has 0 spiro atoms. The molecular weight excluding hydrogens is 204 g/mol. The molecule has 5 nitrogen and oxygen atoms in total. The predicted octanol–water partition coefficient (Wildman–Crippen LogP) is 0.817. The topological polar surface area (TPSA) is 54.2 Å². The fourth-order valence-corrected chi connectivity index (χ4v) is 2.35. The molecule has 16 heavy (non-hydrogen) atoms. The minimum Gasteiger partial charge on any atom is -0.388 e. The second kappa shape index (κ2) is 5.41. The van der Waals surface area contributed by atoms with Gasteiger partial charge in [-0.1, -0.05) is 6.42 Å². The van der Waals surface area contributed by atoms with Crippen molar-refractivity contribution >= 4 is 0 Å². The highest BCUT2D eigenvalue weighted by atomic mass is 16.3. The Morgan fingerprint density at radius 3 is 2.81 bits per heavy atom. The van der Waals surface area contributed by atoms with Crippen LogP contribution in [-0.2, 0) is 6.61 Å². The molecule has 90 valence electrons. The van der Waals surface area contributed by atoms with Crippen molar-refractivity contribution in [1.29, 1.82) is 0 Å². The zero-order chi connectivity index (χ0) is 11.4. The maximum absolute atomic E-state index is 9.13. The summed E-state index contributed by atoms with van der Waals surface area (Å²) >= 11 is 0. The number of piperidine rings is 1. The van der Waals surface area contributed by atoms with E-state index >= 15 is 0 Å². The van der Waals surface area contributed by atoms with Crippen LogP contribution in [0.15, 0.2) is 6.33 Å². The highest BCUT2D eigenvalue weighted by Gasteiger charge is 2.16. The summed E-state index contributed by atoms with van der Waals surface area (Å²) in [5.74, 6) is 0.657. The lowest BCUT2D eigenvalue weighted by Crippen LogP contribution is -2.34. The highest BCUT2D eigenvalue weighted by molar-refractivity contribution is 4.87. The number of aliphatic hydroxyl groups excluding tert-OH is 1. The van der Waals surface area contributed by atoms with Crippen LogP contribution >= 0.6 is 0 Å². The first-order chi connectivity index (χ1) is 7.81. The standard InChI is InChI=1S/C11H20N4O/c1-10(7-14-5-3-2-4-6-14)15-9-12-13-11(15)8-16/h9-10,16H,2-8H2,1H3. The van der Waals surface area contributed by atoms with Crippen molar-refractivity contribution in [2.45, 2.75) is 38.8 Å². The van der Waals surface area contributed by atoms with Crippen LogP contribution in [0.1, 0.15) is 38.1 Å². The van der Waals surface area contributed by atoms with E-state index in [1.54, 1.807) is 6.33 Å². The summed E-state index contributed by atoms with van der Waals surface area (Å²) in [6.07, 6.45) is 5.68. The molecule has 5 heteroatoms. The number of rotatable bonds is 4. The fourth-order valence-electron chi connectivity index (χ4n) is 2.35. The van der Waals surface area contributed by atoms with Gasteiger partial charge in [-0.15, -0.1) is 10.2 Å². The molecule has 0 saturated carbocycles. The average molecular weight is 224 g/mol. The van der Waals surface area contributed by atoms with Gasteiger partial charge in [0, 0.05) is 12.6 Å². The maximum atomic E-state index is 9.13. The predicted molar refractivity (Wildman–Crippen MR) is 60.9 cm³/mol. The Bertz CT molecular complexity index is 320. The van der Waals surface area contributed by atoms with Gasteiger partial charge >= 0.3 is 0 Å². The van der Waals surface area contributed by atoms with E-state index in [1.165, 1.54) is 32.4 Å². The minimum atomic E-state index is -0.0374. The van der Waals surface area contributed by atoms with Crippen LogP contribution in [0.2, 0.25) is 0 Å². The van der Waals surface area contributed by atoms with E-state index in [1.807, 2.05) is 4.57 Å². The lowest BCUT2D eigenvalue weighted by atomic mass is 10.1. The van der Waals surface area contributed by atoms with Crippen LogP contribution in [0.4, 0.5) is 0 Å². The third-order valence-corrected chi connectivity index (χ3v) is 3.23. The van der Waals surface area contributed by atoms with Crippen LogP contribution in [0, 0.1) is 0 Å². The lowest BCUT2D eigenvalue weighted by Gasteiger charge is -2.29. The van der Waals surface area contributed by atoms with Crippen LogP contribution < -0.4 is 0 Å². The summed E-state index contributed by atoms with van der Waals surface area (Å²) in [7, 11) is 0. The monoisotopic (exact) mass is 224 g/mol. The molecule has 1 aromatic heterocycles. The molecule has 1 N–H and O–H groups in total. The Hall–Kier alpha value is -0.940. The van der Waals surface area contributed by atoms with Gasteiger partial charge in [0.25, 0.3) is 0 Å². The van der Waals surface area contributed by atoms with Gasteiger partial charge in [-0.25, -0.2) is 0 Å². The van der Waals surface area contributed by atoms with E-state index < -0.39 is 0 Å². The molecule has 1 fully saturated rings. The molecule has 1 aliphatic rings. The molecule has 0 radical (unpaired) electrons. The quantitative estimate of drug-likeness (QED) is 0.822. The first-order valence-electron chi connectivity index (χ1n) is 6.03. The maximum Gasteiger partial charge on any atom is 0.158 e. The summed E-state index contributed by atoms with van der Waals surface area (Å²) in [5.41, 5.74) is 0. The zero-order valence-electron chi connectivity index (χ0n) is 9.84. The molecular formula is C11H20N4O. The molecule has 1 atom stereocenters. The molecule has 0 bridgehead atoms.